The minimum Gasteiger partial charge on any atom is -0.503 e. The minimum atomic E-state index is -1.38. The number of nitrogen functional groups attached to an aromatic ring is 2. The number of hydrogen-bond donors (Lipinski definition) is 10. The number of thiol groups is 1. The fourth-order valence-electron chi connectivity index (χ4n) is 6.62. The molecule has 24 heteroatoms. The molecule has 5 atom stereocenters. The first kappa shape index (κ1) is 39.3. The molecule has 3 aromatic heterocycles. The lowest BCUT2D eigenvalue weighted by Crippen LogP contribution is -2.43. The average Bonchev–Trinajstić information content (AvgIpc) is 4.02. The van der Waals surface area contributed by atoms with E-state index in [1.165, 1.54) is 28.1 Å². The number of piperidine rings is 1. The molecular weight excluding hydrogens is 779 g/mol. The lowest BCUT2D eigenvalue weighted by atomic mass is 10.00. The van der Waals surface area contributed by atoms with Crippen LogP contribution in [0.4, 0.5) is 16.6 Å². The van der Waals surface area contributed by atoms with Crippen molar-refractivity contribution < 1.29 is 53.9 Å². The Labute approximate surface area is 324 Å². The Balaban J connectivity index is 1.14. The number of aromatic hydroxyl groups is 1. The first-order chi connectivity index (χ1) is 26.6. The maximum absolute atomic E-state index is 14.1. The summed E-state index contributed by atoms with van der Waals surface area (Å²) in [5.41, 5.74) is 9.51. The van der Waals surface area contributed by atoms with E-state index in [9.17, 15) is 49.3 Å². The van der Waals surface area contributed by atoms with E-state index < -0.39 is 70.1 Å². The third kappa shape index (κ3) is 7.59. The van der Waals surface area contributed by atoms with Crippen molar-refractivity contribution in [3.05, 3.63) is 63.0 Å². The van der Waals surface area contributed by atoms with Gasteiger partial charge in [-0.2, -0.15) is 17.4 Å². The second-order valence-corrected chi connectivity index (χ2v) is 14.4. The zero-order chi connectivity index (χ0) is 40.6. The number of oxime groups is 1. The van der Waals surface area contributed by atoms with E-state index in [0.29, 0.717) is 23.0 Å². The molecule has 6 rings (SSSR count). The Hall–Kier alpha value is -6.43. The van der Waals surface area contributed by atoms with E-state index in [0.717, 1.165) is 17.4 Å². The smallest absolute Gasteiger partial charge is 0.352 e. The molecule has 4 unspecified atom stereocenters. The molecule has 1 spiro atoms. The van der Waals surface area contributed by atoms with Crippen molar-refractivity contribution in [2.45, 2.75) is 44.5 Å². The monoisotopic (exact) mass is 814 g/mol. The van der Waals surface area contributed by atoms with Crippen molar-refractivity contribution in [1.82, 2.24) is 30.2 Å². The van der Waals surface area contributed by atoms with Gasteiger partial charge < -0.3 is 57.7 Å². The number of carboxylic acid groups (broad SMARTS) is 2. The van der Waals surface area contributed by atoms with Crippen LogP contribution in [0.2, 0.25) is 0 Å². The van der Waals surface area contributed by atoms with Crippen LogP contribution in [0.1, 0.15) is 35.9 Å². The number of likely N-dealkylation sites (tertiary alicyclic amines) is 1. The fourth-order valence-corrected chi connectivity index (χ4v) is 7.41. The van der Waals surface area contributed by atoms with E-state index >= 15 is 0 Å². The van der Waals surface area contributed by atoms with Gasteiger partial charge in [0.05, 0.1) is 11.6 Å². The summed E-state index contributed by atoms with van der Waals surface area (Å²) < 4.78 is 1.85. The summed E-state index contributed by atoms with van der Waals surface area (Å²) in [5, 5.41) is 52.4. The van der Waals surface area contributed by atoms with Gasteiger partial charge in [0.1, 0.15) is 35.5 Å². The Kier molecular flexibility index (Phi) is 10.8. The highest BCUT2D eigenvalue weighted by Crippen LogP contribution is 2.69. The second-order valence-electron chi connectivity index (χ2n) is 13.1. The molecule has 3 aliphatic rings. The number of pyridine rings is 1. The van der Waals surface area contributed by atoms with Gasteiger partial charge in [-0.1, -0.05) is 5.16 Å². The van der Waals surface area contributed by atoms with Crippen molar-refractivity contribution in [1.29, 1.82) is 0 Å². The lowest BCUT2D eigenvalue weighted by Gasteiger charge is -2.24. The number of anilines is 3. The number of carboxylic acids is 2. The largest absolute Gasteiger partial charge is 0.503 e. The predicted octanol–water partition coefficient (Wildman–Crippen LogP) is -1.80. The van der Waals surface area contributed by atoms with Crippen molar-refractivity contribution in [2.24, 2.45) is 16.5 Å². The Morgan fingerprint density at radius 3 is 2.64 bits per heavy atom. The Bertz CT molecular complexity index is 2260. The third-order valence-corrected chi connectivity index (χ3v) is 10.6. The van der Waals surface area contributed by atoms with Crippen molar-refractivity contribution in [3.63, 3.8) is 0 Å². The molecule has 22 nitrogen and oxygen atoms in total. The van der Waals surface area contributed by atoms with Crippen LogP contribution in [-0.2, 0) is 30.6 Å². The number of nitrogens with zero attached hydrogens (tertiary/aromatic N) is 6. The highest BCUT2D eigenvalue weighted by atomic mass is 32.1. The number of nitrogens with one attached hydrogen (secondary N) is 3. The summed E-state index contributed by atoms with van der Waals surface area (Å²) in [6.07, 6.45) is 2.97. The molecule has 296 valence electrons. The number of rotatable bonds is 16. The molecule has 2 saturated carbocycles. The first-order valence-corrected chi connectivity index (χ1v) is 18.3. The van der Waals surface area contributed by atoms with Crippen LogP contribution in [0.25, 0.3) is 0 Å². The van der Waals surface area contributed by atoms with Gasteiger partial charge in [-0.05, 0) is 30.7 Å². The maximum atomic E-state index is 14.1. The van der Waals surface area contributed by atoms with E-state index in [1.807, 2.05) is 0 Å². The number of amides is 3. The predicted molar refractivity (Wildman–Crippen MR) is 197 cm³/mol. The van der Waals surface area contributed by atoms with Crippen LogP contribution in [0, 0.1) is 11.3 Å². The van der Waals surface area contributed by atoms with E-state index in [1.54, 1.807) is 6.20 Å². The summed E-state index contributed by atoms with van der Waals surface area (Å²) in [6, 6.07) is -0.338. The fraction of sp³-hybridized carbons (Fsp3) is 0.375. The number of aromatic nitrogens is 4. The molecule has 1 saturated heterocycles. The van der Waals surface area contributed by atoms with Crippen molar-refractivity contribution in [2.75, 3.05) is 35.6 Å². The number of hydrogen-bond acceptors (Lipinski definition) is 17. The average molecular weight is 815 g/mol. The highest BCUT2D eigenvalue weighted by molar-refractivity contribution is 7.80. The Morgan fingerprint density at radius 2 is 1.98 bits per heavy atom. The number of aliphatic carboxylic acids is 2. The molecule has 2 aliphatic carbocycles. The van der Waals surface area contributed by atoms with Gasteiger partial charge in [0.15, 0.2) is 16.6 Å². The SMILES string of the molecule is C[C@H](O/N=C(\C(=O)NC1CC12C(=O)N(/C(C(=O)O)=C(\CS)C[n+]1cnc(N)c(NCCNC(=O)c3cc(=O)c(O)cn3O)c1)C1CC12)c1csc(N)n1)C(=O)O. The molecule has 11 N–H and O–H groups in total. The van der Waals surface area contributed by atoms with E-state index in [4.69, 9.17) is 16.3 Å². The van der Waals surface area contributed by atoms with Gasteiger partial charge in [-0.3, -0.25) is 19.2 Å². The van der Waals surface area contributed by atoms with E-state index in [-0.39, 0.29) is 71.4 Å². The van der Waals surface area contributed by atoms with Crippen LogP contribution >= 0.6 is 24.0 Å². The topological polar surface area (TPSA) is 331 Å². The van der Waals surface area contributed by atoms with Crippen LogP contribution in [0.5, 0.6) is 5.75 Å². The quantitative estimate of drug-likeness (QED) is 0.0145. The minimum absolute atomic E-state index is 0.00132. The number of nitrogens with two attached hydrogens (primary N) is 2. The molecule has 4 heterocycles. The summed E-state index contributed by atoms with van der Waals surface area (Å²) in [4.78, 5) is 90.2. The number of carbonyl (C=O) groups is 5. The summed E-state index contributed by atoms with van der Waals surface area (Å²) in [5.74, 6) is -5.66. The zero-order valence-electron chi connectivity index (χ0n) is 29.3. The van der Waals surface area contributed by atoms with Crippen molar-refractivity contribution in [3.8, 4) is 5.75 Å². The number of carbonyl (C=O) groups excluding carboxylic acids is 3. The first-order valence-electron chi connectivity index (χ1n) is 16.8. The third-order valence-electron chi connectivity index (χ3n) is 9.53. The van der Waals surface area contributed by atoms with Gasteiger partial charge in [-0.15, -0.1) is 11.3 Å². The van der Waals surface area contributed by atoms with Gasteiger partial charge in [-0.25, -0.2) is 19.1 Å². The second kappa shape index (κ2) is 15.4. The van der Waals surface area contributed by atoms with Crippen LogP contribution < -0.4 is 37.4 Å². The van der Waals surface area contributed by atoms with Crippen LogP contribution in [-0.4, -0.2) is 113 Å². The Morgan fingerprint density at radius 1 is 1.23 bits per heavy atom. The summed E-state index contributed by atoms with van der Waals surface area (Å²) in [6.45, 7) is 1.28. The number of fused-ring (bicyclic) bond motifs is 2. The van der Waals surface area contributed by atoms with E-state index in [2.05, 4.69) is 43.7 Å². The molecule has 1 aliphatic heterocycles. The maximum Gasteiger partial charge on any atom is 0.352 e. The van der Waals surface area contributed by atoms with Crippen molar-refractivity contribution >= 4 is 76.0 Å². The van der Waals surface area contributed by atoms with Crippen LogP contribution in [0.15, 0.2) is 51.4 Å². The summed E-state index contributed by atoms with van der Waals surface area (Å²) in [7, 11) is 0. The molecule has 56 heavy (non-hydrogen) atoms. The number of thiazole rings is 1. The molecule has 3 amide bonds. The molecule has 0 radical (unpaired) electrons. The van der Waals surface area contributed by atoms with Gasteiger partial charge in [0, 0.05) is 47.9 Å². The van der Waals surface area contributed by atoms with Gasteiger partial charge >= 0.3 is 11.9 Å². The molecule has 0 bridgehead atoms. The normalized spacial score (nSPS) is 21.8. The molecule has 3 aromatic rings. The molecular formula is C32H36N11O11S2+. The zero-order valence-corrected chi connectivity index (χ0v) is 31.0. The lowest BCUT2D eigenvalue weighted by molar-refractivity contribution is -0.691. The highest BCUT2D eigenvalue weighted by Gasteiger charge is 2.79. The van der Waals surface area contributed by atoms with Gasteiger partial charge in [0.25, 0.3) is 24.0 Å². The molecule has 0 aromatic carbocycles. The van der Waals surface area contributed by atoms with Crippen LogP contribution in [0.3, 0.4) is 0 Å². The summed E-state index contributed by atoms with van der Waals surface area (Å²) >= 11 is 5.42. The van der Waals surface area contributed by atoms with Gasteiger partial charge in [0.2, 0.25) is 17.4 Å². The molecule has 3 fully saturated rings. The standard InChI is InChI=1S/C32H35N11O11S2/c1-13(28(48)49)54-40-23(17-11-56-31(34)38-17)27(47)39-22-6-32(22)15-4-18(15)43(30(32)52)24(29(50)51)14(10-55)7-41-8-16(25(33)37-12-41)35-2-3-36-26(46)19-5-20(44)21(45)9-42(19)53/h5,8-9,11-13,15,18,22,33,35,53H,2-4,6-7,10H2,1H3,(H8,34,36,38,39,45,46,47,48,49,50,51,55)/p+1/b24-14-,40-23-/t13-,15?,18?,22?,32?/m0/s1.